The zero-order valence-corrected chi connectivity index (χ0v) is 11.6. The van der Waals surface area contributed by atoms with Crippen molar-refractivity contribution in [2.75, 3.05) is 13.1 Å². The molecule has 1 heterocycles. The quantitative estimate of drug-likeness (QED) is 0.672. The van der Waals surface area contributed by atoms with Crippen molar-refractivity contribution >= 4 is 5.71 Å². The summed E-state index contributed by atoms with van der Waals surface area (Å²) >= 11 is 0. The molecule has 0 aromatic heterocycles. The summed E-state index contributed by atoms with van der Waals surface area (Å²) in [6.07, 6.45) is 1.80. The monoisotopic (exact) mass is 264 g/mol. The van der Waals surface area contributed by atoms with E-state index in [4.69, 9.17) is 5.21 Å². The molecule has 0 saturated carbocycles. The van der Waals surface area contributed by atoms with Crippen LogP contribution < -0.4 is 0 Å². The molecule has 0 aliphatic carbocycles. The van der Waals surface area contributed by atoms with Gasteiger partial charge in [-0.3, -0.25) is 4.90 Å². The lowest BCUT2D eigenvalue weighted by Crippen LogP contribution is -2.40. The lowest BCUT2D eigenvalue weighted by atomic mass is 9.92. The fraction of sp³-hybridized carbons (Fsp3) is 0.533. The number of aryl methyl sites for hydroxylation is 1. The van der Waals surface area contributed by atoms with Crippen molar-refractivity contribution in [3.05, 3.63) is 35.1 Å². The second-order valence-corrected chi connectivity index (χ2v) is 5.25. The molecule has 1 saturated heterocycles. The Morgan fingerprint density at radius 2 is 2.26 bits per heavy atom. The average Bonchev–Trinajstić information content (AvgIpc) is 2.41. The fourth-order valence-corrected chi connectivity index (χ4v) is 2.70. The fourth-order valence-electron chi connectivity index (χ4n) is 2.70. The molecule has 0 radical (unpaired) electrons. The van der Waals surface area contributed by atoms with Crippen LogP contribution in [0.15, 0.2) is 23.4 Å². The highest BCUT2D eigenvalue weighted by molar-refractivity contribution is 5.87. The molecule has 0 spiro atoms. The number of piperidine rings is 1. The lowest BCUT2D eigenvalue weighted by molar-refractivity contribution is 0.220. The smallest absolute Gasteiger partial charge is 0.123 e. The van der Waals surface area contributed by atoms with Crippen LogP contribution >= 0.6 is 0 Å². The van der Waals surface area contributed by atoms with Gasteiger partial charge in [-0.1, -0.05) is 18.1 Å². The standard InChI is InChI=1S/C15H21FN2O/c1-3-12-9-18(7-6-15(12)17-19)10-13-4-5-14(16)8-11(13)2/h4-5,8,12,19H,3,6-7,9-10H2,1-2H3/b17-15+. The Kier molecular flexibility index (Phi) is 4.53. The van der Waals surface area contributed by atoms with Gasteiger partial charge in [-0.2, -0.15) is 0 Å². The normalized spacial score (nSPS) is 22.9. The van der Waals surface area contributed by atoms with Gasteiger partial charge in [-0.05, 0) is 36.6 Å². The van der Waals surface area contributed by atoms with E-state index in [-0.39, 0.29) is 5.82 Å². The number of benzene rings is 1. The molecule has 1 aromatic carbocycles. The van der Waals surface area contributed by atoms with Crippen molar-refractivity contribution < 1.29 is 9.60 Å². The number of oxime groups is 1. The highest BCUT2D eigenvalue weighted by Crippen LogP contribution is 2.20. The molecule has 2 rings (SSSR count). The van der Waals surface area contributed by atoms with Crippen molar-refractivity contribution in [2.24, 2.45) is 11.1 Å². The van der Waals surface area contributed by atoms with E-state index in [9.17, 15) is 4.39 Å². The van der Waals surface area contributed by atoms with E-state index >= 15 is 0 Å². The minimum atomic E-state index is -0.180. The third-order valence-corrected chi connectivity index (χ3v) is 3.95. The molecular formula is C15H21FN2O. The molecule has 4 heteroatoms. The maximum absolute atomic E-state index is 13.1. The van der Waals surface area contributed by atoms with E-state index in [1.54, 1.807) is 6.07 Å². The van der Waals surface area contributed by atoms with Crippen molar-refractivity contribution in [1.82, 2.24) is 4.90 Å². The van der Waals surface area contributed by atoms with E-state index in [0.717, 1.165) is 43.8 Å². The van der Waals surface area contributed by atoms with E-state index in [1.165, 1.54) is 11.6 Å². The van der Waals surface area contributed by atoms with Crippen LogP contribution in [0.4, 0.5) is 4.39 Å². The van der Waals surface area contributed by atoms with Crippen LogP contribution in [0, 0.1) is 18.7 Å². The largest absolute Gasteiger partial charge is 0.411 e. The van der Waals surface area contributed by atoms with Gasteiger partial charge in [0.05, 0.1) is 5.71 Å². The predicted octanol–water partition coefficient (Wildman–Crippen LogP) is 3.20. The van der Waals surface area contributed by atoms with Gasteiger partial charge in [0.2, 0.25) is 0 Å². The van der Waals surface area contributed by atoms with E-state index in [1.807, 2.05) is 13.0 Å². The number of likely N-dealkylation sites (tertiary alicyclic amines) is 1. The molecule has 1 N–H and O–H groups in total. The maximum Gasteiger partial charge on any atom is 0.123 e. The minimum Gasteiger partial charge on any atom is -0.411 e. The Labute approximate surface area is 113 Å². The van der Waals surface area contributed by atoms with Gasteiger partial charge in [0, 0.05) is 32.0 Å². The van der Waals surface area contributed by atoms with Gasteiger partial charge in [0.1, 0.15) is 5.82 Å². The first-order chi connectivity index (χ1) is 9.13. The first-order valence-corrected chi connectivity index (χ1v) is 6.82. The molecular weight excluding hydrogens is 243 g/mol. The summed E-state index contributed by atoms with van der Waals surface area (Å²) in [5.74, 6) is 0.153. The second kappa shape index (κ2) is 6.15. The van der Waals surface area contributed by atoms with E-state index in [0.29, 0.717) is 5.92 Å². The van der Waals surface area contributed by atoms with Gasteiger partial charge in [0.15, 0.2) is 0 Å². The zero-order valence-electron chi connectivity index (χ0n) is 11.6. The molecule has 104 valence electrons. The number of hydrogen-bond donors (Lipinski definition) is 1. The Balaban J connectivity index is 2.04. The number of hydrogen-bond acceptors (Lipinski definition) is 3. The summed E-state index contributed by atoms with van der Waals surface area (Å²) in [5.41, 5.74) is 3.07. The average molecular weight is 264 g/mol. The Morgan fingerprint density at radius 3 is 2.89 bits per heavy atom. The van der Waals surface area contributed by atoms with Crippen LogP contribution in [0.1, 0.15) is 30.9 Å². The van der Waals surface area contributed by atoms with Crippen LogP contribution in [-0.2, 0) is 6.54 Å². The molecule has 1 unspecified atom stereocenters. The lowest BCUT2D eigenvalue weighted by Gasteiger charge is -2.33. The van der Waals surface area contributed by atoms with Crippen LogP contribution in [0.2, 0.25) is 0 Å². The second-order valence-electron chi connectivity index (χ2n) is 5.25. The third kappa shape index (κ3) is 3.32. The van der Waals surface area contributed by atoms with Crippen LogP contribution in [0.3, 0.4) is 0 Å². The summed E-state index contributed by atoms with van der Waals surface area (Å²) in [7, 11) is 0. The molecule has 0 amide bonds. The van der Waals surface area contributed by atoms with Crippen molar-refractivity contribution in [3.8, 4) is 0 Å². The summed E-state index contributed by atoms with van der Waals surface area (Å²) in [6, 6.07) is 4.96. The number of rotatable bonds is 3. The zero-order chi connectivity index (χ0) is 13.8. The number of halogens is 1. The maximum atomic E-state index is 13.1. The summed E-state index contributed by atoms with van der Waals surface area (Å²) in [5, 5.41) is 12.4. The van der Waals surface area contributed by atoms with Gasteiger partial charge in [0.25, 0.3) is 0 Å². The molecule has 3 nitrogen and oxygen atoms in total. The van der Waals surface area contributed by atoms with Gasteiger partial charge in [-0.15, -0.1) is 0 Å². The SMILES string of the molecule is CCC1CN(Cc2ccc(F)cc2C)CC/C1=N\O. The number of nitrogens with zero attached hydrogens (tertiary/aromatic N) is 2. The third-order valence-electron chi connectivity index (χ3n) is 3.95. The van der Waals surface area contributed by atoms with Crippen molar-refractivity contribution in [1.29, 1.82) is 0 Å². The summed E-state index contributed by atoms with van der Waals surface area (Å²) in [6.45, 7) is 6.70. The minimum absolute atomic E-state index is 0.180. The molecule has 1 aliphatic rings. The van der Waals surface area contributed by atoms with Crippen LogP contribution in [0.25, 0.3) is 0 Å². The van der Waals surface area contributed by atoms with Gasteiger partial charge >= 0.3 is 0 Å². The first kappa shape index (κ1) is 14.0. The van der Waals surface area contributed by atoms with E-state index in [2.05, 4.69) is 17.0 Å². The highest BCUT2D eigenvalue weighted by atomic mass is 19.1. The first-order valence-electron chi connectivity index (χ1n) is 6.82. The molecule has 1 fully saturated rings. The van der Waals surface area contributed by atoms with Crippen molar-refractivity contribution in [3.63, 3.8) is 0 Å². The summed E-state index contributed by atoms with van der Waals surface area (Å²) < 4.78 is 13.1. The molecule has 19 heavy (non-hydrogen) atoms. The van der Waals surface area contributed by atoms with Crippen LogP contribution in [-0.4, -0.2) is 28.9 Å². The molecule has 1 aromatic rings. The molecule has 0 bridgehead atoms. The Hall–Kier alpha value is -1.42. The Bertz CT molecular complexity index is 473. The van der Waals surface area contributed by atoms with Crippen LogP contribution in [0.5, 0.6) is 0 Å². The molecule has 1 aliphatic heterocycles. The van der Waals surface area contributed by atoms with Gasteiger partial charge in [-0.25, -0.2) is 4.39 Å². The predicted molar refractivity (Wildman–Crippen MR) is 74.0 cm³/mol. The van der Waals surface area contributed by atoms with Crippen molar-refractivity contribution in [2.45, 2.75) is 33.2 Å². The Morgan fingerprint density at radius 1 is 1.47 bits per heavy atom. The summed E-state index contributed by atoms with van der Waals surface area (Å²) in [4.78, 5) is 2.35. The van der Waals surface area contributed by atoms with E-state index < -0.39 is 0 Å². The highest BCUT2D eigenvalue weighted by Gasteiger charge is 2.24. The van der Waals surface area contributed by atoms with Gasteiger partial charge < -0.3 is 5.21 Å². The topological polar surface area (TPSA) is 35.8 Å². The molecule has 1 atom stereocenters.